The summed E-state index contributed by atoms with van der Waals surface area (Å²) >= 11 is 0. The lowest BCUT2D eigenvalue weighted by atomic mass is 9.95. The van der Waals surface area contributed by atoms with E-state index in [4.69, 9.17) is 0 Å². The molecule has 2 nitrogen and oxygen atoms in total. The molecule has 0 aliphatic carbocycles. The molecular weight excluding hydrogens is 248 g/mol. The van der Waals surface area contributed by atoms with Crippen molar-refractivity contribution in [2.75, 3.05) is 0 Å². The van der Waals surface area contributed by atoms with E-state index in [-0.39, 0.29) is 5.75 Å². The highest BCUT2D eigenvalue weighted by Gasteiger charge is 2.08. The van der Waals surface area contributed by atoms with Gasteiger partial charge in [0.15, 0.2) is 0 Å². The second-order valence-corrected chi connectivity index (χ2v) is 4.76. The smallest absolute Gasteiger partial charge is 0.119 e. The van der Waals surface area contributed by atoms with Crippen molar-refractivity contribution in [1.29, 1.82) is 0 Å². The number of hydrogen-bond acceptors (Lipinski definition) is 2. The molecule has 20 heavy (non-hydrogen) atoms. The average molecular weight is 268 g/mol. The van der Waals surface area contributed by atoms with Crippen molar-refractivity contribution in [1.82, 2.24) is 0 Å². The van der Waals surface area contributed by atoms with Gasteiger partial charge in [0.1, 0.15) is 11.5 Å². The van der Waals surface area contributed by atoms with Crippen LogP contribution in [0, 0.1) is 0 Å². The number of hydrogen-bond donors (Lipinski definition) is 2. The summed E-state index contributed by atoms with van der Waals surface area (Å²) in [6.45, 7) is 4.16. The SMILES string of the molecule is CCc1c(O)ccc(C=Cc2ccc(O)cc2)c1CC. The van der Waals surface area contributed by atoms with E-state index >= 15 is 0 Å². The second-order valence-electron chi connectivity index (χ2n) is 4.76. The van der Waals surface area contributed by atoms with E-state index in [0.29, 0.717) is 5.75 Å². The van der Waals surface area contributed by atoms with Gasteiger partial charge in [-0.25, -0.2) is 0 Å². The van der Waals surface area contributed by atoms with Gasteiger partial charge in [-0.1, -0.05) is 44.2 Å². The van der Waals surface area contributed by atoms with E-state index in [0.717, 1.165) is 29.5 Å². The minimum absolute atomic E-state index is 0.272. The normalized spacial score (nSPS) is 11.1. The fourth-order valence-corrected chi connectivity index (χ4v) is 2.44. The van der Waals surface area contributed by atoms with Crippen molar-refractivity contribution >= 4 is 12.2 Å². The van der Waals surface area contributed by atoms with E-state index in [9.17, 15) is 10.2 Å². The predicted octanol–water partition coefficient (Wildman–Crippen LogP) is 4.39. The number of aromatic hydroxyl groups is 2. The first kappa shape index (κ1) is 14.2. The molecule has 0 heterocycles. The highest BCUT2D eigenvalue weighted by Crippen LogP contribution is 2.27. The van der Waals surface area contributed by atoms with Crippen molar-refractivity contribution in [3.8, 4) is 11.5 Å². The van der Waals surface area contributed by atoms with Gasteiger partial charge in [-0.2, -0.15) is 0 Å². The summed E-state index contributed by atoms with van der Waals surface area (Å²) in [5.74, 6) is 0.653. The van der Waals surface area contributed by atoms with Gasteiger partial charge >= 0.3 is 0 Å². The van der Waals surface area contributed by atoms with Crippen LogP contribution in [-0.2, 0) is 12.8 Å². The van der Waals surface area contributed by atoms with Crippen LogP contribution in [0.1, 0.15) is 36.1 Å². The fourth-order valence-electron chi connectivity index (χ4n) is 2.44. The summed E-state index contributed by atoms with van der Waals surface area (Å²) in [6, 6.07) is 10.8. The molecular formula is C18H20O2. The van der Waals surface area contributed by atoms with Crippen LogP contribution in [0.4, 0.5) is 0 Å². The maximum atomic E-state index is 9.91. The van der Waals surface area contributed by atoms with E-state index < -0.39 is 0 Å². The van der Waals surface area contributed by atoms with Crippen LogP contribution in [0.5, 0.6) is 11.5 Å². The van der Waals surface area contributed by atoms with Crippen molar-refractivity contribution in [3.05, 3.63) is 58.7 Å². The Hall–Kier alpha value is -2.22. The molecule has 0 atom stereocenters. The molecule has 0 aliphatic rings. The molecule has 2 aromatic carbocycles. The van der Waals surface area contributed by atoms with Crippen molar-refractivity contribution in [2.45, 2.75) is 26.7 Å². The van der Waals surface area contributed by atoms with Gasteiger partial charge in [0, 0.05) is 0 Å². The molecule has 0 radical (unpaired) electrons. The minimum Gasteiger partial charge on any atom is -0.508 e. The Morgan fingerprint density at radius 3 is 2.05 bits per heavy atom. The number of phenols is 2. The molecule has 0 spiro atoms. The molecule has 0 bridgehead atoms. The molecule has 0 aromatic heterocycles. The molecule has 2 N–H and O–H groups in total. The molecule has 2 rings (SSSR count). The molecule has 0 fully saturated rings. The number of phenolic OH excluding ortho intramolecular Hbond substituents is 2. The Morgan fingerprint density at radius 1 is 0.800 bits per heavy atom. The molecule has 0 saturated carbocycles. The summed E-state index contributed by atoms with van der Waals surface area (Å²) in [7, 11) is 0. The van der Waals surface area contributed by atoms with Crippen molar-refractivity contribution < 1.29 is 10.2 Å². The van der Waals surface area contributed by atoms with E-state index in [1.165, 1.54) is 5.56 Å². The molecule has 0 saturated heterocycles. The standard InChI is InChI=1S/C18H20O2/c1-3-16-14(9-12-18(20)17(16)4-2)8-5-13-6-10-15(19)11-7-13/h5-12,19-20H,3-4H2,1-2H3. The van der Waals surface area contributed by atoms with Crippen LogP contribution in [0.25, 0.3) is 12.2 Å². The monoisotopic (exact) mass is 268 g/mol. The topological polar surface area (TPSA) is 40.5 Å². The van der Waals surface area contributed by atoms with Gasteiger partial charge in [0.05, 0.1) is 0 Å². The first-order valence-electron chi connectivity index (χ1n) is 6.96. The van der Waals surface area contributed by atoms with Crippen LogP contribution in [0.2, 0.25) is 0 Å². The predicted molar refractivity (Wildman–Crippen MR) is 83.9 cm³/mol. The molecule has 2 heteroatoms. The lowest BCUT2D eigenvalue weighted by Gasteiger charge is -2.11. The fraction of sp³-hybridized carbons (Fsp3) is 0.222. The Morgan fingerprint density at radius 2 is 1.45 bits per heavy atom. The van der Waals surface area contributed by atoms with Gasteiger partial charge in [0.2, 0.25) is 0 Å². The van der Waals surface area contributed by atoms with Crippen molar-refractivity contribution in [3.63, 3.8) is 0 Å². The first-order chi connectivity index (χ1) is 9.65. The Labute approximate surface area is 120 Å². The van der Waals surface area contributed by atoms with E-state index in [2.05, 4.69) is 19.9 Å². The summed E-state index contributed by atoms with van der Waals surface area (Å²) in [6.07, 6.45) is 5.80. The van der Waals surface area contributed by atoms with Crippen LogP contribution in [0.3, 0.4) is 0 Å². The van der Waals surface area contributed by atoms with Crippen LogP contribution < -0.4 is 0 Å². The van der Waals surface area contributed by atoms with Gasteiger partial charge in [-0.3, -0.25) is 0 Å². The summed E-state index contributed by atoms with van der Waals surface area (Å²) in [5.41, 5.74) is 4.40. The lowest BCUT2D eigenvalue weighted by molar-refractivity contribution is 0.467. The number of benzene rings is 2. The number of rotatable bonds is 4. The average Bonchev–Trinajstić information content (AvgIpc) is 2.47. The molecule has 104 valence electrons. The molecule has 2 aromatic rings. The summed E-state index contributed by atoms with van der Waals surface area (Å²) in [4.78, 5) is 0. The third kappa shape index (κ3) is 3.02. The first-order valence-corrected chi connectivity index (χ1v) is 6.96. The van der Waals surface area contributed by atoms with Gasteiger partial charge in [-0.15, -0.1) is 0 Å². The van der Waals surface area contributed by atoms with Gasteiger partial charge < -0.3 is 10.2 Å². The van der Waals surface area contributed by atoms with Gasteiger partial charge in [0.25, 0.3) is 0 Å². The highest BCUT2D eigenvalue weighted by atomic mass is 16.3. The Kier molecular flexibility index (Phi) is 4.46. The van der Waals surface area contributed by atoms with E-state index in [1.54, 1.807) is 18.2 Å². The zero-order valence-corrected chi connectivity index (χ0v) is 11.9. The maximum absolute atomic E-state index is 9.91. The van der Waals surface area contributed by atoms with Crippen molar-refractivity contribution in [2.24, 2.45) is 0 Å². The third-order valence-electron chi connectivity index (χ3n) is 3.50. The zero-order valence-electron chi connectivity index (χ0n) is 11.9. The Balaban J connectivity index is 2.36. The Bertz CT molecular complexity index is 610. The third-order valence-corrected chi connectivity index (χ3v) is 3.50. The molecule has 0 amide bonds. The zero-order chi connectivity index (χ0) is 14.5. The maximum Gasteiger partial charge on any atom is 0.119 e. The van der Waals surface area contributed by atoms with Gasteiger partial charge in [-0.05, 0) is 53.3 Å². The molecule has 0 unspecified atom stereocenters. The quantitative estimate of drug-likeness (QED) is 0.807. The van der Waals surface area contributed by atoms with E-state index in [1.807, 2.05) is 24.3 Å². The molecule has 0 aliphatic heterocycles. The summed E-state index contributed by atoms with van der Waals surface area (Å²) < 4.78 is 0. The second kappa shape index (κ2) is 6.29. The highest BCUT2D eigenvalue weighted by molar-refractivity contribution is 5.72. The largest absolute Gasteiger partial charge is 0.508 e. The van der Waals surface area contributed by atoms with Crippen LogP contribution in [-0.4, -0.2) is 10.2 Å². The summed E-state index contributed by atoms with van der Waals surface area (Å²) in [5, 5.41) is 19.2. The lowest BCUT2D eigenvalue weighted by Crippen LogP contribution is -1.95. The van der Waals surface area contributed by atoms with Crippen LogP contribution >= 0.6 is 0 Å². The minimum atomic E-state index is 0.272. The van der Waals surface area contributed by atoms with Crippen LogP contribution in [0.15, 0.2) is 36.4 Å².